The summed E-state index contributed by atoms with van der Waals surface area (Å²) in [6, 6.07) is 8.45. The Balaban J connectivity index is 2.56. The maximum absolute atomic E-state index is 5.92. The molecule has 1 atom stereocenters. The van der Waals surface area contributed by atoms with Crippen LogP contribution in [0.4, 0.5) is 0 Å². The van der Waals surface area contributed by atoms with E-state index in [2.05, 4.69) is 36.3 Å². The average Bonchev–Trinajstić information content (AvgIpc) is 2.53. The predicted octanol–water partition coefficient (Wildman–Crippen LogP) is 2.72. The van der Waals surface area contributed by atoms with Gasteiger partial charge in [-0.15, -0.1) is 0 Å². The molecule has 1 aromatic heterocycles. The van der Waals surface area contributed by atoms with Crippen LogP contribution < -0.4 is 5.73 Å². The second kappa shape index (κ2) is 4.34. The lowest BCUT2D eigenvalue weighted by atomic mass is 9.99. The first kappa shape index (κ1) is 11.9. The second-order valence-electron chi connectivity index (χ2n) is 4.58. The highest BCUT2D eigenvalue weighted by Crippen LogP contribution is 2.28. The molecule has 0 saturated heterocycles. The van der Waals surface area contributed by atoms with Crippen LogP contribution in [-0.2, 0) is 7.05 Å². The Morgan fingerprint density at radius 1 is 1.29 bits per heavy atom. The quantitative estimate of drug-likeness (QED) is 0.860. The average molecular weight is 229 g/mol. The third kappa shape index (κ3) is 2.11. The first-order valence-corrected chi connectivity index (χ1v) is 5.87. The zero-order chi connectivity index (χ0) is 12.6. The fourth-order valence-electron chi connectivity index (χ4n) is 2.17. The van der Waals surface area contributed by atoms with Gasteiger partial charge in [-0.25, -0.2) is 0 Å². The van der Waals surface area contributed by atoms with E-state index in [1.54, 1.807) is 0 Å². The second-order valence-corrected chi connectivity index (χ2v) is 4.58. The monoisotopic (exact) mass is 229 g/mol. The van der Waals surface area contributed by atoms with Gasteiger partial charge in [-0.05, 0) is 38.0 Å². The normalized spacial score (nSPS) is 12.8. The van der Waals surface area contributed by atoms with Gasteiger partial charge in [-0.3, -0.25) is 4.68 Å². The van der Waals surface area contributed by atoms with Crippen molar-refractivity contribution in [1.29, 1.82) is 0 Å². The summed E-state index contributed by atoms with van der Waals surface area (Å²) in [5.74, 6) is 0. The molecule has 1 unspecified atom stereocenters. The van der Waals surface area contributed by atoms with E-state index in [0.717, 1.165) is 11.3 Å². The Labute approximate surface area is 102 Å². The predicted molar refractivity (Wildman–Crippen MR) is 70.7 cm³/mol. The minimum Gasteiger partial charge on any atom is -0.324 e. The molecule has 0 spiro atoms. The smallest absolute Gasteiger partial charge is 0.0674 e. The summed E-state index contributed by atoms with van der Waals surface area (Å²) in [5, 5.41) is 4.45. The lowest BCUT2D eigenvalue weighted by molar-refractivity contribution is 0.731. The molecule has 2 rings (SSSR count). The van der Waals surface area contributed by atoms with Gasteiger partial charge in [0.1, 0.15) is 0 Å². The lowest BCUT2D eigenvalue weighted by Crippen LogP contribution is -2.04. The van der Waals surface area contributed by atoms with Gasteiger partial charge >= 0.3 is 0 Å². The van der Waals surface area contributed by atoms with Gasteiger partial charge in [0.05, 0.1) is 5.69 Å². The molecule has 2 N–H and O–H groups in total. The van der Waals surface area contributed by atoms with Crippen LogP contribution in [0.1, 0.15) is 29.9 Å². The molecule has 2 aromatic rings. The Hall–Kier alpha value is -1.61. The summed E-state index contributed by atoms with van der Waals surface area (Å²) < 4.78 is 1.92. The molecule has 1 heterocycles. The van der Waals surface area contributed by atoms with Gasteiger partial charge < -0.3 is 5.73 Å². The van der Waals surface area contributed by atoms with Gasteiger partial charge in [0, 0.05) is 24.3 Å². The maximum Gasteiger partial charge on any atom is 0.0674 e. The zero-order valence-electron chi connectivity index (χ0n) is 10.9. The SMILES string of the molecule is Cc1nn(C)c(C)c1-c1cccc(C(C)N)c1. The van der Waals surface area contributed by atoms with Gasteiger partial charge in [-0.1, -0.05) is 18.2 Å². The van der Waals surface area contributed by atoms with E-state index in [0.29, 0.717) is 0 Å². The highest BCUT2D eigenvalue weighted by atomic mass is 15.3. The number of aromatic nitrogens is 2. The zero-order valence-corrected chi connectivity index (χ0v) is 10.9. The summed E-state index contributed by atoms with van der Waals surface area (Å²) in [6.07, 6.45) is 0. The minimum absolute atomic E-state index is 0.0623. The molecule has 0 radical (unpaired) electrons. The number of aryl methyl sites for hydroxylation is 2. The number of benzene rings is 1. The Kier molecular flexibility index (Phi) is 3.03. The number of rotatable bonds is 2. The number of hydrogen-bond acceptors (Lipinski definition) is 2. The highest BCUT2D eigenvalue weighted by molar-refractivity contribution is 5.69. The Bertz CT molecular complexity index is 538. The van der Waals surface area contributed by atoms with Crippen molar-refractivity contribution in [2.75, 3.05) is 0 Å². The fraction of sp³-hybridized carbons (Fsp3) is 0.357. The van der Waals surface area contributed by atoms with Gasteiger partial charge in [0.25, 0.3) is 0 Å². The van der Waals surface area contributed by atoms with Gasteiger partial charge in [0.15, 0.2) is 0 Å². The van der Waals surface area contributed by atoms with Gasteiger partial charge in [-0.2, -0.15) is 5.10 Å². The van der Waals surface area contributed by atoms with Crippen LogP contribution >= 0.6 is 0 Å². The Morgan fingerprint density at radius 2 is 2.00 bits per heavy atom. The van der Waals surface area contributed by atoms with Crippen LogP contribution in [0, 0.1) is 13.8 Å². The lowest BCUT2D eigenvalue weighted by Gasteiger charge is -2.08. The summed E-state index contributed by atoms with van der Waals surface area (Å²) >= 11 is 0. The van der Waals surface area contributed by atoms with Crippen molar-refractivity contribution in [2.24, 2.45) is 12.8 Å². The first-order valence-electron chi connectivity index (χ1n) is 5.87. The van der Waals surface area contributed by atoms with Crippen molar-refractivity contribution in [2.45, 2.75) is 26.8 Å². The van der Waals surface area contributed by atoms with Crippen molar-refractivity contribution >= 4 is 0 Å². The van der Waals surface area contributed by atoms with E-state index in [9.17, 15) is 0 Å². The third-order valence-corrected chi connectivity index (χ3v) is 3.21. The van der Waals surface area contributed by atoms with Crippen molar-refractivity contribution in [3.63, 3.8) is 0 Å². The molecule has 3 nitrogen and oxygen atoms in total. The number of hydrogen-bond donors (Lipinski definition) is 1. The maximum atomic E-state index is 5.92. The number of nitrogens with zero attached hydrogens (tertiary/aromatic N) is 2. The van der Waals surface area contributed by atoms with Crippen molar-refractivity contribution < 1.29 is 0 Å². The first-order chi connectivity index (χ1) is 8.00. The molecule has 0 aliphatic carbocycles. The molecule has 3 heteroatoms. The summed E-state index contributed by atoms with van der Waals surface area (Å²) in [4.78, 5) is 0. The minimum atomic E-state index is 0.0623. The molecule has 0 aliphatic heterocycles. The third-order valence-electron chi connectivity index (χ3n) is 3.21. The van der Waals surface area contributed by atoms with E-state index in [-0.39, 0.29) is 6.04 Å². The molecule has 1 aromatic carbocycles. The van der Waals surface area contributed by atoms with Crippen molar-refractivity contribution in [3.05, 3.63) is 41.2 Å². The largest absolute Gasteiger partial charge is 0.324 e. The topological polar surface area (TPSA) is 43.8 Å². The molecule has 0 saturated carbocycles. The molecule has 17 heavy (non-hydrogen) atoms. The fourth-order valence-corrected chi connectivity index (χ4v) is 2.17. The van der Waals surface area contributed by atoms with Crippen LogP contribution in [0.3, 0.4) is 0 Å². The van der Waals surface area contributed by atoms with Crippen LogP contribution in [-0.4, -0.2) is 9.78 Å². The van der Waals surface area contributed by atoms with Gasteiger partial charge in [0.2, 0.25) is 0 Å². The van der Waals surface area contributed by atoms with Crippen molar-refractivity contribution in [1.82, 2.24) is 9.78 Å². The molecule has 0 aliphatic rings. The molecule has 0 bridgehead atoms. The molecule has 0 amide bonds. The van der Waals surface area contributed by atoms with Crippen LogP contribution in [0.2, 0.25) is 0 Å². The standard InChI is InChI=1S/C14H19N3/c1-9(15)12-6-5-7-13(8-12)14-10(2)16-17(4)11(14)3/h5-9H,15H2,1-4H3. The number of nitrogens with two attached hydrogens (primary N) is 1. The van der Waals surface area contributed by atoms with E-state index in [1.807, 2.05) is 25.6 Å². The van der Waals surface area contributed by atoms with E-state index in [4.69, 9.17) is 5.73 Å². The van der Waals surface area contributed by atoms with Crippen LogP contribution in [0.5, 0.6) is 0 Å². The highest BCUT2D eigenvalue weighted by Gasteiger charge is 2.12. The van der Waals surface area contributed by atoms with Crippen LogP contribution in [0.15, 0.2) is 24.3 Å². The van der Waals surface area contributed by atoms with E-state index in [1.165, 1.54) is 16.8 Å². The Morgan fingerprint density at radius 3 is 2.53 bits per heavy atom. The molecule has 90 valence electrons. The van der Waals surface area contributed by atoms with E-state index >= 15 is 0 Å². The molecular weight excluding hydrogens is 210 g/mol. The summed E-state index contributed by atoms with van der Waals surface area (Å²) in [7, 11) is 1.97. The molecular formula is C14H19N3. The molecule has 0 fully saturated rings. The summed E-state index contributed by atoms with van der Waals surface area (Å²) in [6.45, 7) is 6.14. The van der Waals surface area contributed by atoms with E-state index < -0.39 is 0 Å². The van der Waals surface area contributed by atoms with Crippen LogP contribution in [0.25, 0.3) is 11.1 Å². The summed E-state index contributed by atoms with van der Waals surface area (Å²) in [5.41, 5.74) is 11.7. The van der Waals surface area contributed by atoms with Crippen molar-refractivity contribution in [3.8, 4) is 11.1 Å².